The van der Waals surface area contributed by atoms with Gasteiger partial charge in [-0.05, 0) is 17.0 Å². The first kappa shape index (κ1) is 13.6. The van der Waals surface area contributed by atoms with E-state index in [1.807, 2.05) is 0 Å². The second-order valence-corrected chi connectivity index (χ2v) is 4.06. The molecule has 0 aliphatic heterocycles. The number of esters is 2. The molecular weight excluding hydrogens is 248 g/mol. The van der Waals surface area contributed by atoms with Gasteiger partial charge in [-0.15, -0.1) is 11.3 Å². The summed E-state index contributed by atoms with van der Waals surface area (Å²) >= 11 is 1.05. The van der Waals surface area contributed by atoms with Gasteiger partial charge in [0.25, 0.3) is 0 Å². The summed E-state index contributed by atoms with van der Waals surface area (Å²) in [5.74, 6) is -1.48. The molecule has 2 N–H and O–H groups in total. The fourth-order valence-electron chi connectivity index (χ4n) is 1.15. The number of rotatable bonds is 4. The molecule has 1 rings (SSSR count). The van der Waals surface area contributed by atoms with Crippen LogP contribution in [0, 0.1) is 0 Å². The number of aliphatic hydroxyl groups excluding tert-OH is 2. The number of hydrogen-bond acceptors (Lipinski definition) is 7. The van der Waals surface area contributed by atoms with Crippen molar-refractivity contribution in [2.75, 3.05) is 14.2 Å². The number of ether oxygens (including phenoxy) is 2. The van der Waals surface area contributed by atoms with E-state index in [0.29, 0.717) is 0 Å². The maximum Gasteiger partial charge on any atom is 0.348 e. The number of carbonyl (C=O) groups is 2. The highest BCUT2D eigenvalue weighted by Crippen LogP contribution is 2.24. The van der Waals surface area contributed by atoms with Crippen LogP contribution in [0.25, 0.3) is 0 Å². The van der Waals surface area contributed by atoms with Crippen molar-refractivity contribution in [2.24, 2.45) is 0 Å². The molecule has 2 atom stereocenters. The molecule has 0 radical (unpaired) electrons. The summed E-state index contributed by atoms with van der Waals surface area (Å²) in [4.78, 5) is 22.4. The molecule has 0 aromatic carbocycles. The number of methoxy groups -OCH3 is 2. The first-order chi connectivity index (χ1) is 8.01. The molecule has 1 heterocycles. The van der Waals surface area contributed by atoms with E-state index in [9.17, 15) is 19.8 Å². The van der Waals surface area contributed by atoms with Gasteiger partial charge in [-0.2, -0.15) is 0 Å². The SMILES string of the molecule is COC(=O)c1cc(C(O)C(O)C(=O)OC)cs1. The lowest BCUT2D eigenvalue weighted by Crippen LogP contribution is -2.28. The number of carbonyl (C=O) groups excluding carboxylic acids is 2. The Bertz CT molecular complexity index is 413. The molecule has 7 heteroatoms. The van der Waals surface area contributed by atoms with Gasteiger partial charge in [-0.25, -0.2) is 9.59 Å². The molecule has 2 unspecified atom stereocenters. The van der Waals surface area contributed by atoms with Gasteiger partial charge in [0.2, 0.25) is 0 Å². The van der Waals surface area contributed by atoms with Crippen LogP contribution in [0.5, 0.6) is 0 Å². The van der Waals surface area contributed by atoms with Gasteiger partial charge in [0.1, 0.15) is 11.0 Å². The minimum absolute atomic E-state index is 0.258. The Labute approximate surface area is 101 Å². The van der Waals surface area contributed by atoms with Crippen LogP contribution in [-0.2, 0) is 14.3 Å². The van der Waals surface area contributed by atoms with Gasteiger partial charge < -0.3 is 19.7 Å². The third kappa shape index (κ3) is 3.02. The van der Waals surface area contributed by atoms with Crippen molar-refractivity contribution in [2.45, 2.75) is 12.2 Å². The lowest BCUT2D eigenvalue weighted by molar-refractivity contribution is -0.156. The molecule has 17 heavy (non-hydrogen) atoms. The quantitative estimate of drug-likeness (QED) is 0.746. The number of thiophene rings is 1. The van der Waals surface area contributed by atoms with E-state index in [2.05, 4.69) is 9.47 Å². The molecule has 0 aliphatic carbocycles. The summed E-state index contributed by atoms with van der Waals surface area (Å²) in [6.45, 7) is 0. The minimum atomic E-state index is -1.68. The second-order valence-electron chi connectivity index (χ2n) is 3.15. The lowest BCUT2D eigenvalue weighted by atomic mass is 10.1. The summed E-state index contributed by atoms with van der Waals surface area (Å²) in [6.07, 6.45) is -3.11. The zero-order valence-corrected chi connectivity index (χ0v) is 10.1. The Hall–Kier alpha value is -1.44. The van der Waals surface area contributed by atoms with E-state index in [4.69, 9.17) is 0 Å². The minimum Gasteiger partial charge on any atom is -0.467 e. The van der Waals surface area contributed by atoms with Crippen molar-refractivity contribution in [3.8, 4) is 0 Å². The Morgan fingerprint density at radius 1 is 1.29 bits per heavy atom. The third-order valence-corrected chi connectivity index (χ3v) is 3.02. The third-order valence-electron chi connectivity index (χ3n) is 2.09. The van der Waals surface area contributed by atoms with Crippen molar-refractivity contribution in [3.05, 3.63) is 21.9 Å². The zero-order valence-electron chi connectivity index (χ0n) is 9.25. The fraction of sp³-hybridized carbons (Fsp3) is 0.400. The maximum atomic E-state index is 11.2. The molecular formula is C10H12O6S. The van der Waals surface area contributed by atoms with Gasteiger partial charge in [-0.1, -0.05) is 0 Å². The molecule has 1 aromatic heterocycles. The topological polar surface area (TPSA) is 93.1 Å². The van der Waals surface area contributed by atoms with Crippen LogP contribution >= 0.6 is 11.3 Å². The van der Waals surface area contributed by atoms with Gasteiger partial charge in [0, 0.05) is 0 Å². The maximum absolute atomic E-state index is 11.2. The highest BCUT2D eigenvalue weighted by Gasteiger charge is 2.27. The average Bonchev–Trinajstić information content (AvgIpc) is 2.84. The fourth-order valence-corrected chi connectivity index (χ4v) is 2.00. The van der Waals surface area contributed by atoms with Gasteiger partial charge in [0.05, 0.1) is 14.2 Å². The van der Waals surface area contributed by atoms with Crippen LogP contribution in [0.4, 0.5) is 0 Å². The van der Waals surface area contributed by atoms with Crippen molar-refractivity contribution >= 4 is 23.3 Å². The molecule has 0 amide bonds. The molecule has 0 saturated carbocycles. The van der Waals surface area contributed by atoms with E-state index in [-0.39, 0.29) is 10.4 Å². The predicted octanol–water partition coefficient (Wildman–Crippen LogP) is 0.102. The van der Waals surface area contributed by atoms with Crippen LogP contribution in [0.15, 0.2) is 11.4 Å². The lowest BCUT2D eigenvalue weighted by Gasteiger charge is -2.13. The summed E-state index contributed by atoms with van der Waals surface area (Å²) in [5, 5.41) is 20.5. The average molecular weight is 260 g/mol. The molecule has 6 nitrogen and oxygen atoms in total. The molecule has 0 spiro atoms. The van der Waals surface area contributed by atoms with Crippen molar-refractivity contribution in [1.82, 2.24) is 0 Å². The molecule has 0 aliphatic rings. The van der Waals surface area contributed by atoms with E-state index in [1.54, 1.807) is 0 Å². The van der Waals surface area contributed by atoms with E-state index in [0.717, 1.165) is 18.4 Å². The molecule has 1 aromatic rings. The molecule has 0 saturated heterocycles. The van der Waals surface area contributed by atoms with Crippen LogP contribution < -0.4 is 0 Å². The van der Waals surface area contributed by atoms with Gasteiger partial charge in [0.15, 0.2) is 6.10 Å². The molecule has 94 valence electrons. The smallest absolute Gasteiger partial charge is 0.348 e. The van der Waals surface area contributed by atoms with Crippen LogP contribution in [0.3, 0.4) is 0 Å². The Balaban J connectivity index is 2.83. The molecule has 0 fully saturated rings. The first-order valence-corrected chi connectivity index (χ1v) is 5.50. The Morgan fingerprint density at radius 3 is 2.47 bits per heavy atom. The summed E-state index contributed by atoms with van der Waals surface area (Å²) in [7, 11) is 2.34. The van der Waals surface area contributed by atoms with E-state index >= 15 is 0 Å². The van der Waals surface area contributed by atoms with E-state index in [1.165, 1.54) is 18.6 Å². The van der Waals surface area contributed by atoms with Crippen LogP contribution in [0.1, 0.15) is 21.3 Å². The predicted molar refractivity (Wildman–Crippen MR) is 58.6 cm³/mol. The standard InChI is InChI=1S/C10H12O6S/c1-15-9(13)6-3-5(4-17-6)7(11)8(12)10(14)16-2/h3-4,7-8,11-12H,1-2H3. The van der Waals surface area contributed by atoms with Gasteiger partial charge in [-0.3, -0.25) is 0 Å². The van der Waals surface area contributed by atoms with Crippen LogP contribution in [0.2, 0.25) is 0 Å². The Kier molecular flexibility index (Phi) is 4.62. The van der Waals surface area contributed by atoms with Crippen LogP contribution in [-0.4, -0.2) is 42.5 Å². The summed E-state index contributed by atoms with van der Waals surface area (Å²) < 4.78 is 8.79. The second kappa shape index (κ2) is 5.76. The monoisotopic (exact) mass is 260 g/mol. The number of hydrogen-bond donors (Lipinski definition) is 2. The Morgan fingerprint density at radius 2 is 1.94 bits per heavy atom. The summed E-state index contributed by atoms with van der Waals surface area (Å²) in [5.41, 5.74) is 0.258. The molecule has 0 bridgehead atoms. The summed E-state index contributed by atoms with van der Waals surface area (Å²) in [6, 6.07) is 1.35. The largest absolute Gasteiger partial charge is 0.467 e. The normalized spacial score (nSPS) is 13.9. The highest BCUT2D eigenvalue weighted by molar-refractivity contribution is 7.12. The van der Waals surface area contributed by atoms with Gasteiger partial charge >= 0.3 is 11.9 Å². The zero-order chi connectivity index (χ0) is 13.0. The first-order valence-electron chi connectivity index (χ1n) is 4.62. The number of aliphatic hydroxyl groups is 2. The van der Waals surface area contributed by atoms with Crippen molar-refractivity contribution in [3.63, 3.8) is 0 Å². The van der Waals surface area contributed by atoms with E-state index < -0.39 is 24.1 Å². The van der Waals surface area contributed by atoms with Crippen molar-refractivity contribution in [1.29, 1.82) is 0 Å². The highest BCUT2D eigenvalue weighted by atomic mass is 32.1. The van der Waals surface area contributed by atoms with Crippen molar-refractivity contribution < 1.29 is 29.3 Å².